The number of likely N-dealkylation sites (N-methyl/N-ethyl adjacent to an activating group) is 1. The second-order valence-corrected chi connectivity index (χ2v) is 6.00. The number of carbonyl (C=O) groups excluding carboxylic acids is 1. The van der Waals surface area contributed by atoms with Gasteiger partial charge in [0.2, 0.25) is 5.09 Å². The zero-order valence-corrected chi connectivity index (χ0v) is 11.4. The summed E-state index contributed by atoms with van der Waals surface area (Å²) in [5, 5.41) is -0.239. The number of nitrogens with zero attached hydrogens (tertiary/aromatic N) is 1. The Bertz CT molecular complexity index is 491. The Morgan fingerprint density at radius 3 is 2.61 bits per heavy atom. The predicted octanol–water partition coefficient (Wildman–Crippen LogP) is 1.14. The highest BCUT2D eigenvalue weighted by molar-refractivity contribution is 7.89. The van der Waals surface area contributed by atoms with E-state index in [2.05, 4.69) is 0 Å². The van der Waals surface area contributed by atoms with Crippen molar-refractivity contribution in [1.82, 2.24) is 4.31 Å². The van der Waals surface area contributed by atoms with E-state index in [9.17, 15) is 13.2 Å². The summed E-state index contributed by atoms with van der Waals surface area (Å²) in [5.74, 6) is -0.0135. The fraction of sp³-hybridized carbons (Fsp3) is 0.545. The standard InChI is InChI=1S/C11H17NO5S/c1-9(2)16-7-6-12(3)18(14,15)11-5-4-10(8-13)17-11/h4-5,8-9H,6-7H2,1-3H3. The van der Waals surface area contributed by atoms with E-state index in [4.69, 9.17) is 9.15 Å². The van der Waals surface area contributed by atoms with Gasteiger partial charge in [-0.15, -0.1) is 0 Å². The van der Waals surface area contributed by atoms with Gasteiger partial charge in [-0.3, -0.25) is 4.79 Å². The van der Waals surface area contributed by atoms with E-state index in [1.54, 1.807) is 0 Å². The first-order valence-electron chi connectivity index (χ1n) is 5.51. The molecule has 1 aromatic rings. The first-order valence-corrected chi connectivity index (χ1v) is 6.95. The lowest BCUT2D eigenvalue weighted by molar-refractivity contribution is 0.0735. The van der Waals surface area contributed by atoms with Gasteiger partial charge < -0.3 is 9.15 Å². The van der Waals surface area contributed by atoms with Gasteiger partial charge in [0.25, 0.3) is 10.0 Å². The SMILES string of the molecule is CC(C)OCCN(C)S(=O)(=O)c1ccc(C=O)o1. The molecule has 0 aliphatic carbocycles. The summed E-state index contributed by atoms with van der Waals surface area (Å²) >= 11 is 0. The predicted molar refractivity (Wildman–Crippen MR) is 65.0 cm³/mol. The Morgan fingerprint density at radius 2 is 2.11 bits per heavy atom. The summed E-state index contributed by atoms with van der Waals surface area (Å²) in [6.45, 7) is 4.26. The normalized spacial score (nSPS) is 12.3. The van der Waals surface area contributed by atoms with Crippen LogP contribution in [0.3, 0.4) is 0 Å². The van der Waals surface area contributed by atoms with Crippen molar-refractivity contribution in [3.63, 3.8) is 0 Å². The summed E-state index contributed by atoms with van der Waals surface area (Å²) in [5.41, 5.74) is 0. The van der Waals surface area contributed by atoms with Crippen LogP contribution in [0.5, 0.6) is 0 Å². The van der Waals surface area contributed by atoms with Crippen molar-refractivity contribution in [2.45, 2.75) is 25.0 Å². The van der Waals surface area contributed by atoms with Crippen molar-refractivity contribution < 1.29 is 22.4 Å². The first-order chi connectivity index (χ1) is 8.37. The largest absolute Gasteiger partial charge is 0.440 e. The third-order valence-corrected chi connectivity index (χ3v) is 3.97. The molecule has 0 bridgehead atoms. The number of hydrogen-bond donors (Lipinski definition) is 0. The first kappa shape index (κ1) is 14.9. The minimum Gasteiger partial charge on any atom is -0.440 e. The maximum Gasteiger partial charge on any atom is 0.276 e. The van der Waals surface area contributed by atoms with E-state index in [0.29, 0.717) is 12.9 Å². The van der Waals surface area contributed by atoms with E-state index in [1.165, 1.54) is 19.2 Å². The third-order valence-electron chi connectivity index (χ3n) is 2.24. The number of aldehydes is 1. The molecule has 0 radical (unpaired) electrons. The van der Waals surface area contributed by atoms with Gasteiger partial charge in [0.05, 0.1) is 12.7 Å². The number of furan rings is 1. The summed E-state index contributed by atoms with van der Waals surface area (Å²) < 4.78 is 35.3. The van der Waals surface area contributed by atoms with Gasteiger partial charge in [0.1, 0.15) is 0 Å². The smallest absolute Gasteiger partial charge is 0.276 e. The fourth-order valence-electron chi connectivity index (χ4n) is 1.23. The molecule has 1 rings (SSSR count). The van der Waals surface area contributed by atoms with Gasteiger partial charge in [-0.05, 0) is 26.0 Å². The number of carbonyl (C=O) groups is 1. The van der Waals surface area contributed by atoms with Crippen LogP contribution in [0.4, 0.5) is 0 Å². The number of hydrogen-bond acceptors (Lipinski definition) is 5. The zero-order valence-electron chi connectivity index (χ0n) is 10.6. The molecule has 0 saturated carbocycles. The molecular formula is C11H17NO5S. The van der Waals surface area contributed by atoms with Crippen LogP contribution in [0.1, 0.15) is 24.4 Å². The van der Waals surface area contributed by atoms with Crippen LogP contribution in [-0.2, 0) is 14.8 Å². The van der Waals surface area contributed by atoms with Crippen LogP contribution in [0.25, 0.3) is 0 Å². The third kappa shape index (κ3) is 3.66. The Hall–Kier alpha value is -1.18. The van der Waals surface area contributed by atoms with Gasteiger partial charge in [0.15, 0.2) is 12.0 Å². The minimum atomic E-state index is -3.70. The summed E-state index contributed by atoms with van der Waals surface area (Å²) in [6.07, 6.45) is 0.507. The maximum absolute atomic E-state index is 12.0. The molecule has 0 fully saturated rings. The van der Waals surface area contributed by atoms with E-state index in [-0.39, 0.29) is 23.5 Å². The second-order valence-electron chi connectivity index (χ2n) is 4.02. The summed E-state index contributed by atoms with van der Waals surface area (Å²) in [4.78, 5) is 10.4. The fourth-order valence-corrected chi connectivity index (χ4v) is 2.29. The molecule has 0 unspecified atom stereocenters. The molecule has 1 heterocycles. The van der Waals surface area contributed by atoms with Gasteiger partial charge in [0, 0.05) is 13.6 Å². The Kier molecular flexibility index (Phi) is 5.06. The Labute approximate surface area is 107 Å². The Balaban J connectivity index is 2.70. The van der Waals surface area contributed by atoms with Crippen LogP contribution in [-0.4, -0.2) is 45.3 Å². The van der Waals surface area contributed by atoms with Crippen LogP contribution < -0.4 is 0 Å². The van der Waals surface area contributed by atoms with Crippen molar-refractivity contribution in [1.29, 1.82) is 0 Å². The van der Waals surface area contributed by atoms with Crippen LogP contribution in [0.15, 0.2) is 21.6 Å². The average molecular weight is 275 g/mol. The summed E-state index contributed by atoms with van der Waals surface area (Å²) in [7, 11) is -2.27. The van der Waals surface area contributed by atoms with Gasteiger partial charge >= 0.3 is 0 Å². The van der Waals surface area contributed by atoms with E-state index >= 15 is 0 Å². The molecule has 0 amide bonds. The molecule has 102 valence electrons. The number of ether oxygens (including phenoxy) is 1. The summed E-state index contributed by atoms with van der Waals surface area (Å²) in [6, 6.07) is 2.58. The average Bonchev–Trinajstić information content (AvgIpc) is 2.77. The molecule has 0 spiro atoms. The number of sulfonamides is 1. The Morgan fingerprint density at radius 1 is 1.44 bits per heavy atom. The van der Waals surface area contributed by atoms with Crippen molar-refractivity contribution in [2.24, 2.45) is 0 Å². The molecule has 0 aliphatic rings. The molecule has 7 heteroatoms. The molecule has 0 N–H and O–H groups in total. The highest BCUT2D eigenvalue weighted by atomic mass is 32.2. The molecule has 0 saturated heterocycles. The van der Waals surface area contributed by atoms with Crippen molar-refractivity contribution >= 4 is 16.3 Å². The van der Waals surface area contributed by atoms with Crippen LogP contribution >= 0.6 is 0 Å². The molecule has 18 heavy (non-hydrogen) atoms. The maximum atomic E-state index is 12.0. The monoisotopic (exact) mass is 275 g/mol. The highest BCUT2D eigenvalue weighted by Crippen LogP contribution is 2.16. The zero-order chi connectivity index (χ0) is 13.8. The van der Waals surface area contributed by atoms with Crippen molar-refractivity contribution in [3.8, 4) is 0 Å². The highest BCUT2D eigenvalue weighted by Gasteiger charge is 2.24. The van der Waals surface area contributed by atoms with Crippen LogP contribution in [0.2, 0.25) is 0 Å². The van der Waals surface area contributed by atoms with E-state index in [1.807, 2.05) is 13.8 Å². The molecule has 1 aromatic heterocycles. The molecule has 6 nitrogen and oxygen atoms in total. The minimum absolute atomic E-state index is 0.0135. The van der Waals surface area contributed by atoms with Crippen LogP contribution in [0, 0.1) is 0 Å². The topological polar surface area (TPSA) is 76.8 Å². The van der Waals surface area contributed by atoms with Crippen molar-refractivity contribution in [2.75, 3.05) is 20.2 Å². The lowest BCUT2D eigenvalue weighted by Gasteiger charge is -2.16. The second kappa shape index (κ2) is 6.12. The quantitative estimate of drug-likeness (QED) is 0.697. The van der Waals surface area contributed by atoms with Gasteiger partial charge in [-0.2, -0.15) is 4.31 Å². The molecule has 0 atom stereocenters. The lowest BCUT2D eigenvalue weighted by atomic mass is 10.5. The van der Waals surface area contributed by atoms with E-state index in [0.717, 1.165) is 4.31 Å². The molecule has 0 aliphatic heterocycles. The van der Waals surface area contributed by atoms with Gasteiger partial charge in [-0.25, -0.2) is 8.42 Å². The number of rotatable bonds is 7. The molecule has 0 aromatic carbocycles. The lowest BCUT2D eigenvalue weighted by Crippen LogP contribution is -2.30. The van der Waals surface area contributed by atoms with Gasteiger partial charge in [-0.1, -0.05) is 0 Å². The van der Waals surface area contributed by atoms with Crippen molar-refractivity contribution in [3.05, 3.63) is 17.9 Å². The van der Waals surface area contributed by atoms with E-state index < -0.39 is 10.0 Å². The molecular weight excluding hydrogens is 258 g/mol.